The van der Waals surface area contributed by atoms with Crippen LogP contribution in [0.1, 0.15) is 13.3 Å². The van der Waals surface area contributed by atoms with Gasteiger partial charge in [-0.3, -0.25) is 10.1 Å². The normalized spacial score (nSPS) is 11.0. The maximum absolute atomic E-state index is 12.2. The highest BCUT2D eigenvalue weighted by Crippen LogP contribution is 2.28. The molecule has 0 heterocycles. The van der Waals surface area contributed by atoms with E-state index in [4.69, 9.17) is 16.3 Å². The molecule has 0 aliphatic carbocycles. The first-order valence-electron chi connectivity index (χ1n) is 8.94. The van der Waals surface area contributed by atoms with Crippen LogP contribution >= 0.6 is 11.6 Å². The Bertz CT molecular complexity index is 1020. The second kappa shape index (κ2) is 10.8. The number of anilines is 1. The van der Waals surface area contributed by atoms with Crippen LogP contribution in [-0.2, 0) is 10.0 Å². The fraction of sp³-hybridized carbons (Fsp3) is 0.278. The fourth-order valence-corrected chi connectivity index (χ4v) is 3.56. The monoisotopic (exact) mass is 456 g/mol. The third kappa shape index (κ3) is 6.87. The predicted octanol–water partition coefficient (Wildman–Crippen LogP) is 3.14. The molecule has 10 nitrogen and oxygen atoms in total. The van der Waals surface area contributed by atoms with Crippen LogP contribution in [-0.4, -0.2) is 39.1 Å². The summed E-state index contributed by atoms with van der Waals surface area (Å²) in [7, 11) is -3.96. The van der Waals surface area contributed by atoms with E-state index in [2.05, 4.69) is 15.4 Å². The molecule has 0 aliphatic rings. The lowest BCUT2D eigenvalue weighted by molar-refractivity contribution is -0.385. The summed E-state index contributed by atoms with van der Waals surface area (Å²) in [6.07, 6.45) is 0.791. The lowest BCUT2D eigenvalue weighted by Gasteiger charge is -2.13. The van der Waals surface area contributed by atoms with Crippen molar-refractivity contribution in [3.05, 3.63) is 57.6 Å². The summed E-state index contributed by atoms with van der Waals surface area (Å²) in [4.78, 5) is 22.0. The molecule has 12 heteroatoms. The first kappa shape index (κ1) is 23.4. The van der Waals surface area contributed by atoms with Gasteiger partial charge in [-0.25, -0.2) is 17.9 Å². The first-order valence-corrected chi connectivity index (χ1v) is 10.8. The number of non-ortho nitro benzene ring substituents is 1. The topological polar surface area (TPSA) is 140 Å². The molecule has 0 aliphatic heterocycles. The molecule has 0 spiro atoms. The van der Waals surface area contributed by atoms with Crippen molar-refractivity contribution in [3.63, 3.8) is 0 Å². The Balaban J connectivity index is 1.88. The number of carbonyl (C=O) groups excluding carboxylic acids is 1. The molecule has 0 unspecified atom stereocenters. The molecular weight excluding hydrogens is 436 g/mol. The number of rotatable bonds is 10. The van der Waals surface area contributed by atoms with Gasteiger partial charge in [0.2, 0.25) is 10.0 Å². The third-order valence-electron chi connectivity index (χ3n) is 3.69. The number of hydrogen-bond acceptors (Lipinski definition) is 6. The number of amides is 2. The molecule has 0 fully saturated rings. The van der Waals surface area contributed by atoms with Crippen molar-refractivity contribution in [3.8, 4) is 5.75 Å². The molecule has 2 rings (SSSR count). The Kier molecular flexibility index (Phi) is 8.39. The largest absolute Gasteiger partial charge is 0.491 e. The average Bonchev–Trinajstić information content (AvgIpc) is 2.71. The first-order chi connectivity index (χ1) is 14.2. The van der Waals surface area contributed by atoms with Crippen LogP contribution in [0.4, 0.5) is 16.2 Å². The average molecular weight is 457 g/mol. The molecule has 162 valence electrons. The summed E-state index contributed by atoms with van der Waals surface area (Å²) in [5, 5.41) is 16.3. The number of carbonyl (C=O) groups is 1. The Hall–Kier alpha value is -2.89. The van der Waals surface area contributed by atoms with Gasteiger partial charge in [-0.15, -0.1) is 0 Å². The predicted molar refractivity (Wildman–Crippen MR) is 113 cm³/mol. The minimum absolute atomic E-state index is 0.0221. The summed E-state index contributed by atoms with van der Waals surface area (Å²) >= 11 is 5.95. The van der Waals surface area contributed by atoms with Crippen molar-refractivity contribution in [2.24, 2.45) is 0 Å². The van der Waals surface area contributed by atoms with Gasteiger partial charge >= 0.3 is 6.03 Å². The van der Waals surface area contributed by atoms with E-state index in [1.54, 1.807) is 12.1 Å². The van der Waals surface area contributed by atoms with Gasteiger partial charge in [0, 0.05) is 30.2 Å². The van der Waals surface area contributed by atoms with Gasteiger partial charge in [0.25, 0.3) is 5.69 Å². The van der Waals surface area contributed by atoms with E-state index in [-0.39, 0.29) is 23.7 Å². The quantitative estimate of drug-likeness (QED) is 0.285. The molecule has 0 saturated carbocycles. The maximum atomic E-state index is 12.2. The standard InChI is InChI=1S/C18H21ClN4O6S/c1-2-10-29-17-7-6-13(19)11-16(17)22-18(24)20-8-9-21-30(27,28)15-5-3-4-14(12-15)23(25)26/h3-7,11-12,21H,2,8-10H2,1H3,(H2,20,22,24). The van der Waals surface area contributed by atoms with Gasteiger partial charge in [0.15, 0.2) is 0 Å². The second-order valence-corrected chi connectivity index (χ2v) is 8.23. The maximum Gasteiger partial charge on any atom is 0.319 e. The molecule has 0 bridgehead atoms. The lowest BCUT2D eigenvalue weighted by Crippen LogP contribution is -2.36. The summed E-state index contributed by atoms with van der Waals surface area (Å²) in [6.45, 7) is 2.28. The molecule has 2 aromatic carbocycles. The van der Waals surface area contributed by atoms with Gasteiger partial charge < -0.3 is 15.4 Å². The third-order valence-corrected chi connectivity index (χ3v) is 5.39. The molecule has 2 aromatic rings. The second-order valence-electron chi connectivity index (χ2n) is 6.02. The molecule has 3 N–H and O–H groups in total. The highest BCUT2D eigenvalue weighted by atomic mass is 35.5. The molecule has 0 saturated heterocycles. The van der Waals surface area contributed by atoms with Crippen LogP contribution in [0, 0.1) is 10.1 Å². The molecule has 0 atom stereocenters. The number of urea groups is 1. The van der Waals surface area contributed by atoms with E-state index < -0.39 is 21.0 Å². The summed E-state index contributed by atoms with van der Waals surface area (Å²) < 4.78 is 32.3. The molecule has 0 aromatic heterocycles. The Morgan fingerprint density at radius 3 is 2.67 bits per heavy atom. The van der Waals surface area contributed by atoms with Crippen molar-refractivity contribution in [1.82, 2.24) is 10.0 Å². The van der Waals surface area contributed by atoms with Gasteiger partial charge in [-0.05, 0) is 30.7 Å². The number of hydrogen-bond donors (Lipinski definition) is 3. The molecule has 2 amide bonds. The number of benzene rings is 2. The molecular formula is C18H21ClN4O6S. The van der Waals surface area contributed by atoms with Gasteiger partial charge in [0.05, 0.1) is 22.1 Å². The van der Waals surface area contributed by atoms with Crippen LogP contribution in [0.3, 0.4) is 0 Å². The highest BCUT2D eigenvalue weighted by Gasteiger charge is 2.17. The van der Waals surface area contributed by atoms with E-state index in [0.717, 1.165) is 12.5 Å². The lowest BCUT2D eigenvalue weighted by atomic mass is 10.3. The Labute approximate surface area is 178 Å². The van der Waals surface area contributed by atoms with E-state index in [1.165, 1.54) is 24.3 Å². The number of nitro benzene ring substituents is 1. The number of nitro groups is 1. The van der Waals surface area contributed by atoms with Gasteiger partial charge in [0.1, 0.15) is 5.75 Å². The van der Waals surface area contributed by atoms with Crippen LogP contribution in [0.5, 0.6) is 5.75 Å². The number of nitrogens with zero attached hydrogens (tertiary/aromatic N) is 1. The van der Waals surface area contributed by atoms with Crippen molar-refractivity contribution < 1.29 is 22.9 Å². The van der Waals surface area contributed by atoms with Gasteiger partial charge in [-0.1, -0.05) is 24.6 Å². The zero-order valence-electron chi connectivity index (χ0n) is 16.1. The van der Waals surface area contributed by atoms with Crippen LogP contribution in [0.15, 0.2) is 47.4 Å². The van der Waals surface area contributed by atoms with E-state index in [0.29, 0.717) is 23.1 Å². The number of nitrogens with one attached hydrogen (secondary N) is 3. The van der Waals surface area contributed by atoms with Crippen LogP contribution in [0.2, 0.25) is 5.02 Å². The van der Waals surface area contributed by atoms with Crippen molar-refractivity contribution in [1.29, 1.82) is 0 Å². The molecule has 30 heavy (non-hydrogen) atoms. The summed E-state index contributed by atoms with van der Waals surface area (Å²) in [6, 6.07) is 8.91. The fourth-order valence-electron chi connectivity index (χ4n) is 2.31. The number of halogens is 1. The van der Waals surface area contributed by atoms with E-state index in [9.17, 15) is 23.3 Å². The van der Waals surface area contributed by atoms with E-state index >= 15 is 0 Å². The zero-order chi connectivity index (χ0) is 22.1. The van der Waals surface area contributed by atoms with Crippen LogP contribution in [0.25, 0.3) is 0 Å². The summed E-state index contributed by atoms with van der Waals surface area (Å²) in [5.41, 5.74) is 0.0450. The smallest absolute Gasteiger partial charge is 0.319 e. The highest BCUT2D eigenvalue weighted by molar-refractivity contribution is 7.89. The Morgan fingerprint density at radius 2 is 1.97 bits per heavy atom. The number of sulfonamides is 1. The SMILES string of the molecule is CCCOc1ccc(Cl)cc1NC(=O)NCCNS(=O)(=O)c1cccc([N+](=O)[O-])c1. The van der Waals surface area contributed by atoms with Crippen molar-refractivity contribution in [2.45, 2.75) is 18.2 Å². The van der Waals surface area contributed by atoms with E-state index in [1.807, 2.05) is 6.92 Å². The zero-order valence-corrected chi connectivity index (χ0v) is 17.6. The number of ether oxygens (including phenoxy) is 1. The summed E-state index contributed by atoms with van der Waals surface area (Å²) in [5.74, 6) is 0.461. The van der Waals surface area contributed by atoms with Crippen LogP contribution < -0.4 is 20.1 Å². The molecule has 0 radical (unpaired) electrons. The van der Waals surface area contributed by atoms with Gasteiger partial charge in [-0.2, -0.15) is 0 Å². The minimum Gasteiger partial charge on any atom is -0.491 e. The van der Waals surface area contributed by atoms with Crippen molar-refractivity contribution in [2.75, 3.05) is 25.0 Å². The van der Waals surface area contributed by atoms with Crippen molar-refractivity contribution >= 4 is 39.0 Å². The minimum atomic E-state index is -3.96. The Morgan fingerprint density at radius 1 is 1.20 bits per heavy atom.